The van der Waals surface area contributed by atoms with Crippen LogP contribution in [-0.2, 0) is 19.7 Å². The average molecular weight is 353 g/mol. The number of piperidine rings is 1. The van der Waals surface area contributed by atoms with Crippen LogP contribution in [0, 0.1) is 5.92 Å². The second-order valence-electron chi connectivity index (χ2n) is 6.28. The Morgan fingerprint density at radius 1 is 1.17 bits per heavy atom. The van der Waals surface area contributed by atoms with Gasteiger partial charge in [-0.3, -0.25) is 4.79 Å². The Bertz CT molecular complexity index is 693. The van der Waals surface area contributed by atoms with Crippen LogP contribution >= 0.6 is 0 Å². The molecule has 8 heteroatoms. The fourth-order valence-electron chi connectivity index (χ4n) is 3.25. The van der Waals surface area contributed by atoms with E-state index in [4.69, 9.17) is 4.74 Å². The van der Waals surface area contributed by atoms with Crippen molar-refractivity contribution in [2.24, 2.45) is 5.92 Å². The number of benzene rings is 1. The SMILES string of the molecule is CN(C)S(=O)(=O)N1CC[C@H]2C(=O)N(c3ccccc3)CCO[C@H]2C1. The summed E-state index contributed by atoms with van der Waals surface area (Å²) in [4.78, 5) is 14.7. The number of fused-ring (bicyclic) bond motifs is 1. The highest BCUT2D eigenvalue weighted by Gasteiger charge is 2.42. The third-order valence-electron chi connectivity index (χ3n) is 4.61. The number of rotatable bonds is 3. The van der Waals surface area contributed by atoms with Crippen LogP contribution in [0.2, 0.25) is 0 Å². The van der Waals surface area contributed by atoms with Gasteiger partial charge in [0.05, 0.1) is 18.6 Å². The molecule has 0 spiro atoms. The fourth-order valence-corrected chi connectivity index (χ4v) is 4.38. The Morgan fingerprint density at radius 3 is 2.54 bits per heavy atom. The summed E-state index contributed by atoms with van der Waals surface area (Å²) in [5.74, 6) is -0.285. The van der Waals surface area contributed by atoms with E-state index in [-0.39, 0.29) is 18.4 Å². The number of para-hydroxylation sites is 1. The lowest BCUT2D eigenvalue weighted by atomic mass is 9.93. The monoisotopic (exact) mass is 353 g/mol. The quantitative estimate of drug-likeness (QED) is 0.796. The molecule has 2 atom stereocenters. The molecule has 0 aromatic heterocycles. The smallest absolute Gasteiger partial charge is 0.281 e. The molecule has 2 fully saturated rings. The van der Waals surface area contributed by atoms with Crippen molar-refractivity contribution >= 4 is 21.8 Å². The molecule has 2 heterocycles. The zero-order valence-electron chi connectivity index (χ0n) is 14.0. The van der Waals surface area contributed by atoms with Crippen molar-refractivity contribution in [3.8, 4) is 0 Å². The molecule has 1 amide bonds. The Morgan fingerprint density at radius 2 is 1.88 bits per heavy atom. The molecule has 132 valence electrons. The molecule has 2 aliphatic heterocycles. The lowest BCUT2D eigenvalue weighted by molar-refractivity contribution is -0.127. The third kappa shape index (κ3) is 3.19. The van der Waals surface area contributed by atoms with Crippen molar-refractivity contribution in [2.45, 2.75) is 12.5 Å². The first-order chi connectivity index (χ1) is 11.4. The molecular weight excluding hydrogens is 330 g/mol. The van der Waals surface area contributed by atoms with E-state index in [2.05, 4.69) is 0 Å². The maximum atomic E-state index is 12.9. The van der Waals surface area contributed by atoms with Gasteiger partial charge in [0, 0.05) is 39.4 Å². The highest BCUT2D eigenvalue weighted by Crippen LogP contribution is 2.29. The lowest BCUT2D eigenvalue weighted by Gasteiger charge is -2.37. The number of ether oxygens (including phenoxy) is 1. The number of hydrogen-bond donors (Lipinski definition) is 0. The van der Waals surface area contributed by atoms with E-state index >= 15 is 0 Å². The van der Waals surface area contributed by atoms with Gasteiger partial charge in [0.15, 0.2) is 0 Å². The first-order valence-corrected chi connectivity index (χ1v) is 9.46. The minimum Gasteiger partial charge on any atom is -0.374 e. The lowest BCUT2D eigenvalue weighted by Crippen LogP contribution is -2.53. The van der Waals surface area contributed by atoms with E-state index < -0.39 is 16.3 Å². The molecule has 0 aliphatic carbocycles. The van der Waals surface area contributed by atoms with Gasteiger partial charge in [-0.15, -0.1) is 0 Å². The highest BCUT2D eigenvalue weighted by atomic mass is 32.2. The molecule has 0 bridgehead atoms. The highest BCUT2D eigenvalue weighted by molar-refractivity contribution is 7.86. The summed E-state index contributed by atoms with van der Waals surface area (Å²) >= 11 is 0. The minimum absolute atomic E-state index is 0.0191. The molecule has 0 radical (unpaired) electrons. The van der Waals surface area contributed by atoms with Gasteiger partial charge in [-0.2, -0.15) is 17.0 Å². The van der Waals surface area contributed by atoms with Gasteiger partial charge in [0.1, 0.15) is 0 Å². The van der Waals surface area contributed by atoms with Crippen LogP contribution in [0.25, 0.3) is 0 Å². The van der Waals surface area contributed by atoms with Gasteiger partial charge in [0.25, 0.3) is 10.2 Å². The first kappa shape index (κ1) is 17.3. The van der Waals surface area contributed by atoms with E-state index in [0.717, 1.165) is 5.69 Å². The first-order valence-electron chi connectivity index (χ1n) is 8.07. The Hall–Kier alpha value is -1.48. The summed E-state index contributed by atoms with van der Waals surface area (Å²) in [6.07, 6.45) is 0.0783. The standard InChI is InChI=1S/C16H23N3O4S/c1-17(2)24(21,22)18-9-8-14-15(12-18)23-11-10-19(16(14)20)13-6-4-3-5-7-13/h3-7,14-15H,8-12H2,1-2H3/t14-,15+/m1/s1. The number of carbonyl (C=O) groups excluding carboxylic acids is 1. The number of anilines is 1. The number of hydrogen-bond acceptors (Lipinski definition) is 4. The average Bonchev–Trinajstić information content (AvgIpc) is 2.74. The van der Waals surface area contributed by atoms with Crippen molar-refractivity contribution in [2.75, 3.05) is 45.2 Å². The van der Waals surface area contributed by atoms with Crippen LogP contribution in [0.15, 0.2) is 30.3 Å². The Labute approximate surface area is 143 Å². The van der Waals surface area contributed by atoms with E-state index in [1.54, 1.807) is 4.90 Å². The summed E-state index contributed by atoms with van der Waals surface area (Å²) in [6.45, 7) is 1.44. The third-order valence-corrected chi connectivity index (χ3v) is 6.51. The Kier molecular flexibility index (Phi) is 4.91. The number of carbonyl (C=O) groups is 1. The normalized spacial score (nSPS) is 26.3. The molecule has 2 saturated heterocycles. The van der Waals surface area contributed by atoms with E-state index in [1.807, 2.05) is 30.3 Å². The molecule has 0 N–H and O–H groups in total. The second kappa shape index (κ2) is 6.79. The van der Waals surface area contributed by atoms with Crippen molar-refractivity contribution in [3.63, 3.8) is 0 Å². The van der Waals surface area contributed by atoms with Crippen LogP contribution < -0.4 is 4.90 Å². The Balaban J connectivity index is 1.79. The van der Waals surface area contributed by atoms with Gasteiger partial charge in [0.2, 0.25) is 5.91 Å². The molecule has 0 saturated carbocycles. The van der Waals surface area contributed by atoms with Gasteiger partial charge >= 0.3 is 0 Å². The summed E-state index contributed by atoms with van der Waals surface area (Å²) in [5, 5.41) is 0. The molecule has 2 aliphatic rings. The summed E-state index contributed by atoms with van der Waals surface area (Å²) in [5.41, 5.74) is 0.857. The fraction of sp³-hybridized carbons (Fsp3) is 0.562. The van der Waals surface area contributed by atoms with Crippen molar-refractivity contribution in [3.05, 3.63) is 30.3 Å². The van der Waals surface area contributed by atoms with E-state index in [1.165, 1.54) is 22.7 Å². The number of nitrogens with zero attached hydrogens (tertiary/aromatic N) is 3. The van der Waals surface area contributed by atoms with Crippen molar-refractivity contribution in [1.82, 2.24) is 8.61 Å². The van der Waals surface area contributed by atoms with E-state index in [9.17, 15) is 13.2 Å². The zero-order chi connectivity index (χ0) is 17.3. The maximum Gasteiger partial charge on any atom is 0.281 e. The molecular formula is C16H23N3O4S. The van der Waals surface area contributed by atoms with Gasteiger partial charge in [-0.05, 0) is 18.6 Å². The van der Waals surface area contributed by atoms with Gasteiger partial charge in [-0.25, -0.2) is 0 Å². The molecule has 0 unspecified atom stereocenters. The number of amides is 1. The summed E-state index contributed by atoms with van der Waals surface area (Å²) in [7, 11) is -0.461. The predicted octanol–water partition coefficient (Wildman–Crippen LogP) is 0.547. The van der Waals surface area contributed by atoms with Crippen LogP contribution in [-0.4, -0.2) is 69.4 Å². The molecule has 3 rings (SSSR count). The van der Waals surface area contributed by atoms with E-state index in [0.29, 0.717) is 26.1 Å². The molecule has 7 nitrogen and oxygen atoms in total. The summed E-state index contributed by atoms with van der Waals surface area (Å²) in [6, 6.07) is 9.53. The second-order valence-corrected chi connectivity index (χ2v) is 8.42. The topological polar surface area (TPSA) is 70.2 Å². The van der Waals surface area contributed by atoms with Crippen molar-refractivity contribution in [1.29, 1.82) is 0 Å². The molecule has 24 heavy (non-hydrogen) atoms. The van der Waals surface area contributed by atoms with Gasteiger partial charge in [-0.1, -0.05) is 18.2 Å². The molecule has 1 aromatic rings. The van der Waals surface area contributed by atoms with Crippen LogP contribution in [0.5, 0.6) is 0 Å². The van der Waals surface area contributed by atoms with Crippen LogP contribution in [0.1, 0.15) is 6.42 Å². The van der Waals surface area contributed by atoms with Crippen LogP contribution in [0.4, 0.5) is 5.69 Å². The van der Waals surface area contributed by atoms with Gasteiger partial charge < -0.3 is 9.64 Å². The zero-order valence-corrected chi connectivity index (χ0v) is 14.8. The van der Waals surface area contributed by atoms with Crippen molar-refractivity contribution < 1.29 is 17.9 Å². The summed E-state index contributed by atoms with van der Waals surface area (Å²) < 4.78 is 33.1. The minimum atomic E-state index is -3.48. The largest absolute Gasteiger partial charge is 0.374 e. The molecule has 1 aromatic carbocycles. The van der Waals surface area contributed by atoms with Crippen LogP contribution in [0.3, 0.4) is 0 Å². The predicted molar refractivity (Wildman–Crippen MR) is 90.8 cm³/mol. The maximum absolute atomic E-state index is 12.9.